The van der Waals surface area contributed by atoms with Crippen molar-refractivity contribution < 1.29 is 19.0 Å². The summed E-state index contributed by atoms with van der Waals surface area (Å²) in [6, 6.07) is 0. The van der Waals surface area contributed by atoms with Gasteiger partial charge in [0.25, 0.3) is 0 Å². The summed E-state index contributed by atoms with van der Waals surface area (Å²) in [5.74, 6) is 0.900. The lowest BCUT2D eigenvalue weighted by Gasteiger charge is -2.36. The second kappa shape index (κ2) is 1.37. The Bertz CT molecular complexity index is 270. The van der Waals surface area contributed by atoms with E-state index in [1.165, 1.54) is 0 Å². The maximum absolute atomic E-state index is 10.4. The minimum absolute atomic E-state index is 0.589. The van der Waals surface area contributed by atoms with Crippen LogP contribution in [0.3, 0.4) is 0 Å². The van der Waals surface area contributed by atoms with Gasteiger partial charge in [0.2, 0.25) is 5.76 Å². The van der Waals surface area contributed by atoms with E-state index in [0.29, 0.717) is 0 Å². The molecule has 3 aliphatic rings. The van der Waals surface area contributed by atoms with Gasteiger partial charge >= 0.3 is 11.9 Å². The van der Waals surface area contributed by atoms with Crippen LogP contribution in [0.4, 0.5) is 4.79 Å². The van der Waals surface area contributed by atoms with Crippen molar-refractivity contribution in [3.05, 3.63) is 11.5 Å². The van der Waals surface area contributed by atoms with Crippen molar-refractivity contribution in [1.82, 2.24) is 0 Å². The van der Waals surface area contributed by atoms with Crippen molar-refractivity contribution in [3.63, 3.8) is 0 Å². The summed E-state index contributed by atoms with van der Waals surface area (Å²) in [4.78, 5) is 10.4. The molecule has 58 valence electrons. The summed E-state index contributed by atoms with van der Waals surface area (Å²) >= 11 is 0. The molecule has 1 spiro atoms. The molecule has 1 aliphatic carbocycles. The maximum atomic E-state index is 10.4. The Morgan fingerprint density at radius 2 is 2.18 bits per heavy atom. The lowest BCUT2D eigenvalue weighted by molar-refractivity contribution is -0.256. The van der Waals surface area contributed by atoms with E-state index in [9.17, 15) is 4.79 Å². The molecule has 11 heavy (non-hydrogen) atoms. The van der Waals surface area contributed by atoms with Gasteiger partial charge in [-0.05, 0) is 6.42 Å². The summed E-state index contributed by atoms with van der Waals surface area (Å²) in [5.41, 5.74) is 0. The van der Waals surface area contributed by atoms with Crippen LogP contribution in [0, 0.1) is 0 Å². The lowest BCUT2D eigenvalue weighted by atomic mass is 10.0. The van der Waals surface area contributed by atoms with Gasteiger partial charge in [-0.3, -0.25) is 0 Å². The molecule has 3 rings (SSSR count). The summed E-state index contributed by atoms with van der Waals surface area (Å²) in [7, 11) is 0. The highest BCUT2D eigenvalue weighted by Crippen LogP contribution is 2.52. The third-order valence-corrected chi connectivity index (χ3v) is 2.19. The van der Waals surface area contributed by atoms with E-state index in [4.69, 9.17) is 14.2 Å². The van der Waals surface area contributed by atoms with Gasteiger partial charge in [0.15, 0.2) is 5.76 Å². The van der Waals surface area contributed by atoms with Crippen LogP contribution in [0.25, 0.3) is 0 Å². The number of carbonyl (C=O) groups is 1. The minimum atomic E-state index is -0.787. The van der Waals surface area contributed by atoms with Gasteiger partial charge in [0.1, 0.15) is 0 Å². The monoisotopic (exact) mass is 154 g/mol. The number of fused-ring (bicyclic) bond motifs is 1. The number of allylic oxidation sites excluding steroid dienone is 1. The smallest absolute Gasteiger partial charge is 0.450 e. The molecule has 1 saturated heterocycles. The average Bonchev–Trinajstić information content (AvgIpc) is 2.64. The van der Waals surface area contributed by atoms with Gasteiger partial charge in [-0.15, -0.1) is 0 Å². The molecule has 0 saturated carbocycles. The lowest BCUT2D eigenvalue weighted by Crippen LogP contribution is -2.50. The molecule has 0 aromatic carbocycles. The van der Waals surface area contributed by atoms with Crippen molar-refractivity contribution in [2.75, 3.05) is 0 Å². The van der Waals surface area contributed by atoms with Crippen LogP contribution in [-0.2, 0) is 14.2 Å². The van der Waals surface area contributed by atoms with E-state index < -0.39 is 11.9 Å². The zero-order valence-corrected chi connectivity index (χ0v) is 5.75. The third-order valence-electron chi connectivity index (χ3n) is 2.19. The van der Waals surface area contributed by atoms with E-state index in [0.717, 1.165) is 30.8 Å². The van der Waals surface area contributed by atoms with E-state index in [-0.39, 0.29) is 0 Å². The molecule has 0 bridgehead atoms. The molecule has 0 aromatic heterocycles. The highest BCUT2D eigenvalue weighted by molar-refractivity contribution is 5.68. The quantitative estimate of drug-likeness (QED) is 0.493. The van der Waals surface area contributed by atoms with E-state index in [2.05, 4.69) is 0 Å². The van der Waals surface area contributed by atoms with Crippen molar-refractivity contribution in [3.8, 4) is 0 Å². The van der Waals surface area contributed by atoms with Crippen LogP contribution in [0.1, 0.15) is 19.3 Å². The van der Waals surface area contributed by atoms with Gasteiger partial charge in [0, 0.05) is 12.8 Å². The molecule has 2 aliphatic heterocycles. The Morgan fingerprint density at radius 3 is 2.91 bits per heavy atom. The van der Waals surface area contributed by atoms with Crippen LogP contribution < -0.4 is 0 Å². The van der Waals surface area contributed by atoms with Gasteiger partial charge in [-0.25, -0.2) is 4.79 Å². The first kappa shape index (κ1) is 5.46. The normalized spacial score (nSPS) is 29.6. The highest BCUT2D eigenvalue weighted by Gasteiger charge is 2.61. The number of hydrogen-bond donors (Lipinski definition) is 0. The Hall–Kier alpha value is -1.19. The fourth-order valence-electron chi connectivity index (χ4n) is 1.62. The van der Waals surface area contributed by atoms with Gasteiger partial charge in [-0.1, -0.05) is 0 Å². The molecule has 0 aromatic rings. The van der Waals surface area contributed by atoms with Crippen LogP contribution in [0.2, 0.25) is 0 Å². The summed E-state index contributed by atoms with van der Waals surface area (Å²) in [5, 5.41) is 0. The van der Waals surface area contributed by atoms with E-state index in [1.54, 1.807) is 0 Å². The molecular weight excluding hydrogens is 148 g/mol. The number of hydrogen-bond acceptors (Lipinski definition) is 4. The third kappa shape index (κ3) is 0.528. The highest BCUT2D eigenvalue weighted by atomic mass is 16.9. The topological polar surface area (TPSA) is 48.1 Å². The van der Waals surface area contributed by atoms with Crippen LogP contribution in [0.15, 0.2) is 11.5 Å². The SMILES string of the molecule is O=C1OC2(CCCC3=C2O3)O1. The molecule has 0 radical (unpaired) electrons. The van der Waals surface area contributed by atoms with Crippen LogP contribution in [0.5, 0.6) is 0 Å². The van der Waals surface area contributed by atoms with Crippen molar-refractivity contribution in [2.24, 2.45) is 0 Å². The van der Waals surface area contributed by atoms with Crippen LogP contribution >= 0.6 is 0 Å². The van der Waals surface area contributed by atoms with Gasteiger partial charge in [0.05, 0.1) is 0 Å². The molecule has 2 heterocycles. The minimum Gasteiger partial charge on any atom is -0.450 e. The zero-order valence-electron chi connectivity index (χ0n) is 5.75. The van der Waals surface area contributed by atoms with Crippen LogP contribution in [-0.4, -0.2) is 11.9 Å². The molecule has 1 fully saturated rings. The standard InChI is InChI=1S/C7H6O4/c8-6-10-7(11-6)3-1-2-4-5(7)9-4/h1-3H2. The Labute approximate surface area is 62.7 Å². The number of rotatable bonds is 0. The van der Waals surface area contributed by atoms with E-state index in [1.807, 2.05) is 0 Å². The van der Waals surface area contributed by atoms with Crippen molar-refractivity contribution in [2.45, 2.75) is 25.0 Å². The average molecular weight is 154 g/mol. The molecule has 0 N–H and O–H groups in total. The Balaban J connectivity index is 1.93. The number of ether oxygens (including phenoxy) is 3. The maximum Gasteiger partial charge on any atom is 0.515 e. The molecule has 4 nitrogen and oxygen atoms in total. The van der Waals surface area contributed by atoms with Gasteiger partial charge < -0.3 is 14.2 Å². The fraction of sp³-hybridized carbons (Fsp3) is 0.571. The fourth-order valence-corrected chi connectivity index (χ4v) is 1.62. The first-order valence-electron chi connectivity index (χ1n) is 3.64. The predicted octanol–water partition coefficient (Wildman–Crippen LogP) is 1.28. The largest absolute Gasteiger partial charge is 0.515 e. The van der Waals surface area contributed by atoms with Gasteiger partial charge in [-0.2, -0.15) is 0 Å². The summed E-state index contributed by atoms with van der Waals surface area (Å²) in [6.07, 6.45) is 2.07. The van der Waals surface area contributed by atoms with E-state index >= 15 is 0 Å². The van der Waals surface area contributed by atoms with Crippen molar-refractivity contribution >= 4 is 6.16 Å². The van der Waals surface area contributed by atoms with Crippen molar-refractivity contribution in [1.29, 1.82) is 0 Å². The Morgan fingerprint density at radius 1 is 1.36 bits per heavy atom. The summed E-state index contributed by atoms with van der Waals surface area (Å²) < 4.78 is 14.9. The second-order valence-corrected chi connectivity index (χ2v) is 2.91. The second-order valence-electron chi connectivity index (χ2n) is 2.91. The molecule has 0 atom stereocenters. The zero-order chi connectivity index (χ0) is 7.47. The predicted molar refractivity (Wildman–Crippen MR) is 32.3 cm³/mol. The molecule has 4 heteroatoms. The summed E-state index contributed by atoms with van der Waals surface area (Å²) in [6.45, 7) is 0. The molecule has 0 unspecified atom stereocenters. The first-order chi connectivity index (χ1) is 5.30. The number of carbonyl (C=O) groups excluding carboxylic acids is 1. The molecular formula is C7H6O4. The molecule has 0 amide bonds. The Kier molecular flexibility index (Phi) is 0.680. The first-order valence-corrected chi connectivity index (χ1v) is 3.64.